The van der Waals surface area contributed by atoms with Gasteiger partial charge >= 0.3 is 12.2 Å². The van der Waals surface area contributed by atoms with Crippen molar-refractivity contribution >= 4 is 11.9 Å². The van der Waals surface area contributed by atoms with Gasteiger partial charge in [0.15, 0.2) is 0 Å². The maximum atomic E-state index is 12.7. The summed E-state index contributed by atoms with van der Waals surface area (Å²) in [6, 6.07) is 4.64. The van der Waals surface area contributed by atoms with E-state index < -0.39 is 11.7 Å². The summed E-state index contributed by atoms with van der Waals surface area (Å²) in [5, 5.41) is 2.70. The molecule has 24 heavy (non-hydrogen) atoms. The molecule has 1 fully saturated rings. The molecule has 1 aliphatic rings. The Morgan fingerprint density at radius 2 is 1.75 bits per heavy atom. The smallest absolute Gasteiger partial charge is 0.339 e. The van der Waals surface area contributed by atoms with E-state index >= 15 is 0 Å². The number of piperazine rings is 1. The SMILES string of the molecule is CCNC(=O)N1CCN(C(=O)Cc2cccc(C(F)(F)F)c2)CC1. The molecule has 1 aromatic carbocycles. The Balaban J connectivity index is 1.91. The van der Waals surface area contributed by atoms with Crippen LogP contribution in [0, 0.1) is 0 Å². The number of nitrogens with one attached hydrogen (secondary N) is 1. The first-order valence-corrected chi connectivity index (χ1v) is 7.78. The molecule has 1 aliphatic heterocycles. The molecular weight excluding hydrogens is 323 g/mol. The molecule has 132 valence electrons. The number of urea groups is 1. The summed E-state index contributed by atoms with van der Waals surface area (Å²) in [6.07, 6.45) is -4.50. The fourth-order valence-electron chi connectivity index (χ4n) is 2.57. The van der Waals surface area contributed by atoms with Crippen molar-refractivity contribution in [3.8, 4) is 0 Å². The van der Waals surface area contributed by atoms with Crippen molar-refractivity contribution in [2.24, 2.45) is 0 Å². The van der Waals surface area contributed by atoms with Gasteiger partial charge in [0.2, 0.25) is 5.91 Å². The quantitative estimate of drug-likeness (QED) is 0.914. The van der Waals surface area contributed by atoms with Gasteiger partial charge in [-0.25, -0.2) is 4.79 Å². The fourth-order valence-corrected chi connectivity index (χ4v) is 2.57. The minimum absolute atomic E-state index is 0.0783. The van der Waals surface area contributed by atoms with E-state index in [-0.39, 0.29) is 18.4 Å². The van der Waals surface area contributed by atoms with Crippen LogP contribution in [-0.4, -0.2) is 54.5 Å². The van der Waals surface area contributed by atoms with Gasteiger partial charge in [0.25, 0.3) is 0 Å². The van der Waals surface area contributed by atoms with Gasteiger partial charge < -0.3 is 15.1 Å². The summed E-state index contributed by atoms with van der Waals surface area (Å²) in [6.45, 7) is 3.96. The van der Waals surface area contributed by atoms with Crippen molar-refractivity contribution in [2.45, 2.75) is 19.5 Å². The van der Waals surface area contributed by atoms with Gasteiger partial charge in [-0.3, -0.25) is 4.79 Å². The molecule has 0 unspecified atom stereocenters. The number of hydrogen-bond donors (Lipinski definition) is 1. The first-order valence-electron chi connectivity index (χ1n) is 7.78. The Hall–Kier alpha value is -2.25. The molecule has 0 bridgehead atoms. The topological polar surface area (TPSA) is 52.7 Å². The van der Waals surface area contributed by atoms with E-state index in [1.807, 2.05) is 6.92 Å². The van der Waals surface area contributed by atoms with Crippen LogP contribution in [0.15, 0.2) is 24.3 Å². The first-order chi connectivity index (χ1) is 11.3. The lowest BCUT2D eigenvalue weighted by Crippen LogP contribution is -2.53. The zero-order valence-corrected chi connectivity index (χ0v) is 13.4. The molecule has 5 nitrogen and oxygen atoms in total. The molecule has 0 atom stereocenters. The molecule has 1 saturated heterocycles. The lowest BCUT2D eigenvalue weighted by Gasteiger charge is -2.34. The van der Waals surface area contributed by atoms with E-state index in [0.717, 1.165) is 12.1 Å². The zero-order chi connectivity index (χ0) is 17.7. The van der Waals surface area contributed by atoms with Crippen LogP contribution in [0.3, 0.4) is 0 Å². The zero-order valence-electron chi connectivity index (χ0n) is 13.4. The highest BCUT2D eigenvalue weighted by atomic mass is 19.4. The maximum absolute atomic E-state index is 12.7. The van der Waals surface area contributed by atoms with Crippen LogP contribution in [0.25, 0.3) is 0 Å². The Bertz CT molecular complexity index is 596. The summed E-state index contributed by atoms with van der Waals surface area (Å²) in [4.78, 5) is 27.2. The van der Waals surface area contributed by atoms with Gasteiger partial charge in [0.05, 0.1) is 12.0 Å². The van der Waals surface area contributed by atoms with Gasteiger partial charge in [0.1, 0.15) is 0 Å². The number of carbonyl (C=O) groups excluding carboxylic acids is 2. The van der Waals surface area contributed by atoms with Gasteiger partial charge in [-0.05, 0) is 18.6 Å². The lowest BCUT2D eigenvalue weighted by molar-refractivity contribution is -0.138. The highest BCUT2D eigenvalue weighted by molar-refractivity contribution is 5.79. The van der Waals surface area contributed by atoms with Gasteiger partial charge in [0, 0.05) is 32.7 Å². The van der Waals surface area contributed by atoms with Crippen LogP contribution >= 0.6 is 0 Å². The molecule has 3 amide bonds. The number of alkyl halides is 3. The van der Waals surface area contributed by atoms with Crippen molar-refractivity contribution in [1.82, 2.24) is 15.1 Å². The van der Waals surface area contributed by atoms with E-state index in [1.54, 1.807) is 9.80 Å². The molecule has 1 heterocycles. The van der Waals surface area contributed by atoms with Gasteiger partial charge in [-0.15, -0.1) is 0 Å². The Morgan fingerprint density at radius 1 is 1.12 bits per heavy atom. The monoisotopic (exact) mass is 343 g/mol. The lowest BCUT2D eigenvalue weighted by atomic mass is 10.1. The minimum atomic E-state index is -4.42. The Kier molecular flexibility index (Phi) is 5.69. The van der Waals surface area contributed by atoms with Crippen LogP contribution in [0.1, 0.15) is 18.1 Å². The van der Waals surface area contributed by atoms with Crippen molar-refractivity contribution in [3.05, 3.63) is 35.4 Å². The fraction of sp³-hybridized carbons (Fsp3) is 0.500. The number of rotatable bonds is 3. The van der Waals surface area contributed by atoms with E-state index in [0.29, 0.717) is 38.3 Å². The normalized spacial score (nSPS) is 15.3. The van der Waals surface area contributed by atoms with Crippen LogP contribution in [0.4, 0.5) is 18.0 Å². The van der Waals surface area contributed by atoms with E-state index in [4.69, 9.17) is 0 Å². The van der Waals surface area contributed by atoms with Gasteiger partial charge in [-0.2, -0.15) is 13.2 Å². The third kappa shape index (κ3) is 4.62. The molecule has 1 N–H and O–H groups in total. The molecule has 2 rings (SSSR count). The van der Waals surface area contributed by atoms with Crippen molar-refractivity contribution in [2.75, 3.05) is 32.7 Å². The molecule has 0 spiro atoms. The van der Waals surface area contributed by atoms with Crippen LogP contribution in [0.2, 0.25) is 0 Å². The second-order valence-electron chi connectivity index (χ2n) is 5.58. The molecule has 0 aromatic heterocycles. The van der Waals surface area contributed by atoms with Crippen molar-refractivity contribution in [3.63, 3.8) is 0 Å². The van der Waals surface area contributed by atoms with Crippen molar-refractivity contribution in [1.29, 1.82) is 0 Å². The standard InChI is InChI=1S/C16H20F3N3O2/c1-2-20-15(24)22-8-6-21(7-9-22)14(23)11-12-4-3-5-13(10-12)16(17,18)19/h3-5,10H,2,6-9,11H2,1H3,(H,20,24). The molecule has 1 aromatic rings. The third-order valence-electron chi connectivity index (χ3n) is 3.86. The highest BCUT2D eigenvalue weighted by Crippen LogP contribution is 2.29. The summed E-state index contributed by atoms with van der Waals surface area (Å²) < 4.78 is 38.1. The molecule has 0 aliphatic carbocycles. The molecular formula is C16H20F3N3O2. The summed E-state index contributed by atoms with van der Waals surface area (Å²) in [5.41, 5.74) is -0.421. The second-order valence-corrected chi connectivity index (χ2v) is 5.58. The first kappa shape index (κ1) is 18.1. The van der Waals surface area contributed by atoms with Crippen LogP contribution in [0.5, 0.6) is 0 Å². The van der Waals surface area contributed by atoms with Crippen LogP contribution in [-0.2, 0) is 17.4 Å². The number of amides is 3. The largest absolute Gasteiger partial charge is 0.416 e. The predicted octanol–water partition coefficient (Wildman–Crippen LogP) is 2.12. The summed E-state index contributed by atoms with van der Waals surface area (Å²) in [7, 11) is 0. The summed E-state index contributed by atoms with van der Waals surface area (Å²) >= 11 is 0. The van der Waals surface area contributed by atoms with E-state index in [1.165, 1.54) is 12.1 Å². The average Bonchev–Trinajstić information content (AvgIpc) is 2.54. The molecule has 8 heteroatoms. The predicted molar refractivity (Wildman–Crippen MR) is 82.4 cm³/mol. The summed E-state index contributed by atoms with van der Waals surface area (Å²) in [5.74, 6) is -0.232. The van der Waals surface area contributed by atoms with E-state index in [2.05, 4.69) is 5.32 Å². The number of halogens is 3. The number of nitrogens with zero attached hydrogens (tertiary/aromatic N) is 2. The Morgan fingerprint density at radius 3 is 2.33 bits per heavy atom. The maximum Gasteiger partial charge on any atom is 0.416 e. The van der Waals surface area contributed by atoms with E-state index in [9.17, 15) is 22.8 Å². The van der Waals surface area contributed by atoms with Crippen molar-refractivity contribution < 1.29 is 22.8 Å². The molecule has 0 saturated carbocycles. The second kappa shape index (κ2) is 7.55. The number of hydrogen-bond acceptors (Lipinski definition) is 2. The highest BCUT2D eigenvalue weighted by Gasteiger charge is 2.31. The number of carbonyl (C=O) groups is 2. The Labute approximate surface area is 138 Å². The molecule has 0 radical (unpaired) electrons. The average molecular weight is 343 g/mol. The number of benzene rings is 1. The minimum Gasteiger partial charge on any atom is -0.339 e. The third-order valence-corrected chi connectivity index (χ3v) is 3.86. The van der Waals surface area contributed by atoms with Gasteiger partial charge in [-0.1, -0.05) is 18.2 Å². The van der Waals surface area contributed by atoms with Crippen LogP contribution < -0.4 is 5.32 Å².